The number of hydrogen-bond donors (Lipinski definition) is 1. The summed E-state index contributed by atoms with van der Waals surface area (Å²) in [7, 11) is 1.68. The van der Waals surface area contributed by atoms with Crippen LogP contribution in [0.4, 0.5) is 13.2 Å². The summed E-state index contributed by atoms with van der Waals surface area (Å²) in [4.78, 5) is 0. The van der Waals surface area contributed by atoms with Gasteiger partial charge in [-0.25, -0.2) is 0 Å². The molecule has 17 heavy (non-hydrogen) atoms. The van der Waals surface area contributed by atoms with Crippen molar-refractivity contribution in [1.29, 1.82) is 0 Å². The summed E-state index contributed by atoms with van der Waals surface area (Å²) in [5.74, 6) is 0. The lowest BCUT2D eigenvalue weighted by atomic mass is 10.0. The Hall–Kier alpha value is -1.07. The molecule has 5 heteroatoms. The van der Waals surface area contributed by atoms with Crippen LogP contribution in [-0.4, -0.2) is 20.2 Å². The number of alkyl halides is 3. The molecule has 1 aromatic rings. The van der Waals surface area contributed by atoms with Crippen LogP contribution in [0.15, 0.2) is 24.3 Å². The van der Waals surface area contributed by atoms with Crippen LogP contribution in [0.3, 0.4) is 0 Å². The Morgan fingerprint density at radius 1 is 1.29 bits per heavy atom. The second kappa shape index (κ2) is 6.02. The lowest BCUT2D eigenvalue weighted by Gasteiger charge is -2.21. The second-order valence-corrected chi connectivity index (χ2v) is 3.59. The highest BCUT2D eigenvalue weighted by molar-refractivity contribution is 5.31. The first-order valence-corrected chi connectivity index (χ1v) is 5.43. The first-order valence-electron chi connectivity index (χ1n) is 5.43. The molecule has 0 unspecified atom stereocenters. The number of nitrogens with one attached hydrogen (secondary N) is 1. The Morgan fingerprint density at radius 3 is 2.47 bits per heavy atom. The van der Waals surface area contributed by atoms with Crippen molar-refractivity contribution in [2.45, 2.75) is 19.2 Å². The maximum Gasteiger partial charge on any atom is 0.416 e. The van der Waals surface area contributed by atoms with E-state index in [1.807, 2.05) is 0 Å². The Morgan fingerprint density at radius 2 is 1.94 bits per heavy atom. The molecule has 96 valence electrons. The zero-order chi connectivity index (χ0) is 12.9. The van der Waals surface area contributed by atoms with Gasteiger partial charge in [0.1, 0.15) is 0 Å². The Kier molecular flexibility index (Phi) is 4.96. The van der Waals surface area contributed by atoms with Crippen LogP contribution in [-0.2, 0) is 10.9 Å². The monoisotopic (exact) mass is 247 g/mol. The number of hydrogen-bond acceptors (Lipinski definition) is 2. The van der Waals surface area contributed by atoms with Crippen LogP contribution in [0.2, 0.25) is 0 Å². The third-order valence-corrected chi connectivity index (χ3v) is 2.37. The van der Waals surface area contributed by atoms with Crippen LogP contribution in [0.5, 0.6) is 0 Å². The maximum absolute atomic E-state index is 12.8. The van der Waals surface area contributed by atoms with Crippen LogP contribution in [0.1, 0.15) is 24.2 Å². The van der Waals surface area contributed by atoms with Crippen molar-refractivity contribution in [3.63, 3.8) is 0 Å². The Bertz CT molecular complexity index is 346. The quantitative estimate of drug-likeness (QED) is 0.863. The molecule has 0 aliphatic heterocycles. The molecule has 0 aliphatic rings. The van der Waals surface area contributed by atoms with Gasteiger partial charge in [0.05, 0.1) is 11.7 Å². The molecule has 0 saturated carbocycles. The average Bonchev–Trinajstić information content (AvgIpc) is 2.28. The van der Waals surface area contributed by atoms with Crippen LogP contribution >= 0.6 is 0 Å². The summed E-state index contributed by atoms with van der Waals surface area (Å²) >= 11 is 0. The molecule has 0 radical (unpaired) electrons. The Balaban J connectivity index is 3.09. The van der Waals surface area contributed by atoms with Gasteiger partial charge in [-0.2, -0.15) is 13.2 Å². The standard InChI is InChI=1S/C12H16F3NO/c1-3-17-11(8-16-2)9-6-4-5-7-10(9)12(13,14)15/h4-7,11,16H,3,8H2,1-2H3/t11-/m0/s1. The molecular weight excluding hydrogens is 231 g/mol. The molecule has 0 amide bonds. The van der Waals surface area contributed by atoms with Crippen molar-refractivity contribution in [3.8, 4) is 0 Å². The number of halogens is 3. The minimum atomic E-state index is -4.35. The highest BCUT2D eigenvalue weighted by atomic mass is 19.4. The fourth-order valence-electron chi connectivity index (χ4n) is 1.68. The summed E-state index contributed by atoms with van der Waals surface area (Å²) in [5.41, 5.74) is -0.454. The smallest absolute Gasteiger partial charge is 0.372 e. The van der Waals surface area contributed by atoms with E-state index in [9.17, 15) is 13.2 Å². The van der Waals surface area contributed by atoms with Gasteiger partial charge in [0.15, 0.2) is 0 Å². The maximum atomic E-state index is 12.8. The highest BCUT2D eigenvalue weighted by Gasteiger charge is 2.34. The van der Waals surface area contributed by atoms with Gasteiger partial charge in [-0.3, -0.25) is 0 Å². The van der Waals surface area contributed by atoms with E-state index in [1.54, 1.807) is 20.0 Å². The molecule has 1 aromatic carbocycles. The predicted molar refractivity (Wildman–Crippen MR) is 59.7 cm³/mol. The SMILES string of the molecule is CCO[C@@H](CNC)c1ccccc1C(F)(F)F. The van der Waals surface area contributed by atoms with E-state index in [0.29, 0.717) is 13.2 Å². The van der Waals surface area contributed by atoms with Crippen molar-refractivity contribution in [2.24, 2.45) is 0 Å². The number of benzene rings is 1. The molecule has 0 aliphatic carbocycles. The molecule has 0 aromatic heterocycles. The summed E-state index contributed by atoms with van der Waals surface area (Å²) in [5, 5.41) is 2.84. The van der Waals surface area contributed by atoms with Crippen LogP contribution < -0.4 is 5.32 Å². The molecule has 0 saturated heterocycles. The van der Waals surface area contributed by atoms with E-state index in [4.69, 9.17) is 4.74 Å². The van der Waals surface area contributed by atoms with Crippen LogP contribution in [0.25, 0.3) is 0 Å². The fraction of sp³-hybridized carbons (Fsp3) is 0.500. The molecule has 1 atom stereocenters. The largest absolute Gasteiger partial charge is 0.416 e. The van der Waals surface area contributed by atoms with Crippen molar-refractivity contribution in [2.75, 3.05) is 20.2 Å². The van der Waals surface area contributed by atoms with Gasteiger partial charge in [-0.05, 0) is 25.6 Å². The molecule has 0 heterocycles. The summed E-state index contributed by atoms with van der Waals surface area (Å²) in [6, 6.07) is 5.51. The lowest BCUT2D eigenvalue weighted by Crippen LogP contribution is -2.22. The summed E-state index contributed by atoms with van der Waals surface area (Å²) < 4.78 is 43.8. The van der Waals surface area contributed by atoms with Crippen molar-refractivity contribution >= 4 is 0 Å². The molecule has 2 nitrogen and oxygen atoms in total. The van der Waals surface area contributed by atoms with Gasteiger partial charge < -0.3 is 10.1 Å². The number of ether oxygens (including phenoxy) is 1. The molecule has 1 N–H and O–H groups in total. The molecule has 0 spiro atoms. The third-order valence-electron chi connectivity index (χ3n) is 2.37. The van der Waals surface area contributed by atoms with Crippen molar-refractivity contribution < 1.29 is 17.9 Å². The van der Waals surface area contributed by atoms with Crippen molar-refractivity contribution in [1.82, 2.24) is 5.32 Å². The van der Waals surface area contributed by atoms with Crippen LogP contribution in [0, 0.1) is 0 Å². The minimum Gasteiger partial charge on any atom is -0.372 e. The molecule has 0 fully saturated rings. The van der Waals surface area contributed by atoms with Gasteiger partial charge in [-0.1, -0.05) is 18.2 Å². The van der Waals surface area contributed by atoms with Gasteiger partial charge in [0.2, 0.25) is 0 Å². The first kappa shape index (κ1) is 14.0. The molecule has 0 bridgehead atoms. The number of rotatable bonds is 5. The zero-order valence-electron chi connectivity index (χ0n) is 9.84. The Labute approximate surface area is 98.8 Å². The summed E-state index contributed by atoms with van der Waals surface area (Å²) in [6.07, 6.45) is -4.93. The molecule has 1 rings (SSSR count). The van der Waals surface area contributed by atoms with Gasteiger partial charge in [-0.15, -0.1) is 0 Å². The zero-order valence-corrected chi connectivity index (χ0v) is 9.84. The van der Waals surface area contributed by atoms with Gasteiger partial charge in [0.25, 0.3) is 0 Å². The van der Waals surface area contributed by atoms with E-state index in [2.05, 4.69) is 5.32 Å². The first-order chi connectivity index (χ1) is 8.00. The van der Waals surface area contributed by atoms with E-state index in [0.717, 1.165) is 6.07 Å². The van der Waals surface area contributed by atoms with E-state index < -0.39 is 17.8 Å². The van der Waals surface area contributed by atoms with Crippen molar-refractivity contribution in [3.05, 3.63) is 35.4 Å². The van der Waals surface area contributed by atoms with Gasteiger partial charge in [0, 0.05) is 13.2 Å². The topological polar surface area (TPSA) is 21.3 Å². The lowest BCUT2D eigenvalue weighted by molar-refractivity contribution is -0.139. The minimum absolute atomic E-state index is 0.177. The predicted octanol–water partition coefficient (Wildman–Crippen LogP) is 3.00. The van der Waals surface area contributed by atoms with E-state index >= 15 is 0 Å². The third kappa shape index (κ3) is 3.71. The second-order valence-electron chi connectivity index (χ2n) is 3.59. The van der Waals surface area contributed by atoms with E-state index in [1.165, 1.54) is 12.1 Å². The van der Waals surface area contributed by atoms with Gasteiger partial charge >= 0.3 is 6.18 Å². The summed E-state index contributed by atoms with van der Waals surface area (Å²) in [6.45, 7) is 2.48. The number of likely N-dealkylation sites (N-methyl/N-ethyl adjacent to an activating group) is 1. The normalized spacial score (nSPS) is 13.7. The average molecular weight is 247 g/mol. The van der Waals surface area contributed by atoms with E-state index in [-0.39, 0.29) is 5.56 Å². The molecular formula is C12H16F3NO. The highest BCUT2D eigenvalue weighted by Crippen LogP contribution is 2.35. The fourth-order valence-corrected chi connectivity index (χ4v) is 1.68.